The van der Waals surface area contributed by atoms with Crippen molar-refractivity contribution in [2.24, 2.45) is 0 Å². The molecular formula is C18H23NO2. The Morgan fingerprint density at radius 1 is 1.10 bits per heavy atom. The summed E-state index contributed by atoms with van der Waals surface area (Å²) in [5.74, 6) is 0.872. The molecular weight excluding hydrogens is 262 g/mol. The van der Waals surface area contributed by atoms with Gasteiger partial charge in [-0.3, -0.25) is 4.79 Å². The minimum atomic E-state index is 0.103. The first-order valence-corrected chi connectivity index (χ1v) is 7.43. The molecule has 0 saturated carbocycles. The Hall–Kier alpha value is -2.03. The number of unbranched alkanes of at least 4 members (excludes halogenated alkanes) is 1. The van der Waals surface area contributed by atoms with Gasteiger partial charge in [0.1, 0.15) is 5.75 Å². The molecule has 0 aliphatic rings. The van der Waals surface area contributed by atoms with E-state index in [4.69, 9.17) is 4.74 Å². The zero-order valence-electron chi connectivity index (χ0n) is 13.3. The number of methoxy groups -OCH3 is 1. The van der Waals surface area contributed by atoms with E-state index in [2.05, 4.69) is 13.0 Å². The molecule has 1 aromatic heterocycles. The number of nitrogens with zero attached hydrogens (tertiary/aromatic N) is 1. The van der Waals surface area contributed by atoms with Gasteiger partial charge in [-0.15, -0.1) is 0 Å². The summed E-state index contributed by atoms with van der Waals surface area (Å²) < 4.78 is 7.21. The molecule has 3 heteroatoms. The topological polar surface area (TPSA) is 31.2 Å². The van der Waals surface area contributed by atoms with E-state index in [1.165, 1.54) is 0 Å². The highest BCUT2D eigenvalue weighted by Crippen LogP contribution is 2.26. The lowest BCUT2D eigenvalue weighted by Gasteiger charge is -2.12. The van der Waals surface area contributed by atoms with E-state index in [-0.39, 0.29) is 5.56 Å². The monoisotopic (exact) mass is 285 g/mol. The molecule has 2 aromatic rings. The first-order valence-electron chi connectivity index (χ1n) is 7.43. The summed E-state index contributed by atoms with van der Waals surface area (Å²) in [6, 6.07) is 8.10. The lowest BCUT2D eigenvalue weighted by Crippen LogP contribution is -2.21. The molecule has 0 spiro atoms. The van der Waals surface area contributed by atoms with Gasteiger partial charge in [0.05, 0.1) is 7.11 Å². The van der Waals surface area contributed by atoms with Crippen molar-refractivity contribution in [3.8, 4) is 16.9 Å². The third-order valence-electron chi connectivity index (χ3n) is 3.76. The van der Waals surface area contributed by atoms with E-state index in [0.29, 0.717) is 0 Å². The van der Waals surface area contributed by atoms with Crippen molar-refractivity contribution >= 4 is 0 Å². The number of ether oxygens (including phenoxy) is 1. The molecule has 1 heterocycles. The molecule has 0 aliphatic heterocycles. The van der Waals surface area contributed by atoms with Crippen LogP contribution in [0.1, 0.15) is 30.9 Å². The summed E-state index contributed by atoms with van der Waals surface area (Å²) >= 11 is 0. The largest absolute Gasteiger partial charge is 0.496 e. The van der Waals surface area contributed by atoms with Crippen LogP contribution in [0.25, 0.3) is 11.1 Å². The number of benzene rings is 1. The second kappa shape index (κ2) is 6.61. The van der Waals surface area contributed by atoms with Gasteiger partial charge in [-0.1, -0.05) is 25.5 Å². The summed E-state index contributed by atoms with van der Waals surface area (Å²) in [7, 11) is 1.68. The molecule has 2 rings (SSSR count). The van der Waals surface area contributed by atoms with Crippen LogP contribution in [-0.4, -0.2) is 11.7 Å². The second-order valence-corrected chi connectivity index (χ2v) is 5.45. The summed E-state index contributed by atoms with van der Waals surface area (Å²) in [4.78, 5) is 12.2. The Morgan fingerprint density at radius 3 is 2.52 bits per heavy atom. The lowest BCUT2D eigenvalue weighted by molar-refractivity contribution is 0.412. The number of aryl methyl sites for hydroxylation is 3. The van der Waals surface area contributed by atoms with Crippen molar-refractivity contribution in [1.82, 2.24) is 4.57 Å². The third-order valence-corrected chi connectivity index (χ3v) is 3.76. The molecule has 0 aliphatic carbocycles. The molecule has 0 radical (unpaired) electrons. The van der Waals surface area contributed by atoms with E-state index in [0.717, 1.165) is 47.4 Å². The fraction of sp³-hybridized carbons (Fsp3) is 0.389. The average molecular weight is 285 g/mol. The highest BCUT2D eigenvalue weighted by atomic mass is 16.5. The van der Waals surface area contributed by atoms with Gasteiger partial charge in [-0.05, 0) is 49.1 Å². The van der Waals surface area contributed by atoms with Crippen LogP contribution in [0.2, 0.25) is 0 Å². The van der Waals surface area contributed by atoms with Gasteiger partial charge >= 0.3 is 0 Å². The Kier molecular flexibility index (Phi) is 4.84. The van der Waals surface area contributed by atoms with E-state index in [1.54, 1.807) is 7.11 Å². The van der Waals surface area contributed by atoms with Crippen LogP contribution < -0.4 is 10.3 Å². The quantitative estimate of drug-likeness (QED) is 0.833. The van der Waals surface area contributed by atoms with Gasteiger partial charge in [0, 0.05) is 18.3 Å². The lowest BCUT2D eigenvalue weighted by atomic mass is 10.0. The van der Waals surface area contributed by atoms with Gasteiger partial charge < -0.3 is 9.30 Å². The maximum Gasteiger partial charge on any atom is 0.253 e. The van der Waals surface area contributed by atoms with Gasteiger partial charge in [-0.2, -0.15) is 0 Å². The number of rotatable bonds is 5. The SMILES string of the molecule is CCCCn1cc(-c2ccc(C)c(OC)c2)cc(C)c1=O. The standard InChI is InChI=1S/C18H23NO2/c1-5-6-9-19-12-16(10-14(3)18(19)20)15-8-7-13(2)17(11-15)21-4/h7-8,10-12H,5-6,9H2,1-4H3. The molecule has 0 saturated heterocycles. The third kappa shape index (κ3) is 3.35. The molecule has 0 bridgehead atoms. The van der Waals surface area contributed by atoms with Crippen molar-refractivity contribution in [2.45, 2.75) is 40.2 Å². The highest BCUT2D eigenvalue weighted by molar-refractivity contribution is 5.65. The number of aromatic nitrogens is 1. The zero-order chi connectivity index (χ0) is 15.4. The number of hydrogen-bond donors (Lipinski definition) is 0. The van der Waals surface area contributed by atoms with Gasteiger partial charge in [0.15, 0.2) is 0 Å². The first kappa shape index (κ1) is 15.4. The number of pyridine rings is 1. The van der Waals surface area contributed by atoms with Crippen LogP contribution in [0.3, 0.4) is 0 Å². The Balaban J connectivity index is 2.48. The smallest absolute Gasteiger partial charge is 0.253 e. The molecule has 21 heavy (non-hydrogen) atoms. The van der Waals surface area contributed by atoms with Crippen LogP contribution in [0.5, 0.6) is 5.75 Å². The minimum absolute atomic E-state index is 0.103. The molecule has 0 fully saturated rings. The van der Waals surface area contributed by atoms with E-state index in [9.17, 15) is 4.79 Å². The number of hydrogen-bond acceptors (Lipinski definition) is 2. The van der Waals surface area contributed by atoms with Gasteiger partial charge in [0.2, 0.25) is 0 Å². The van der Waals surface area contributed by atoms with E-state index in [1.807, 2.05) is 42.8 Å². The summed E-state index contributed by atoms with van der Waals surface area (Å²) in [6.45, 7) is 6.80. The maximum atomic E-state index is 12.2. The molecule has 1 aromatic carbocycles. The zero-order valence-corrected chi connectivity index (χ0v) is 13.3. The average Bonchev–Trinajstić information content (AvgIpc) is 2.49. The minimum Gasteiger partial charge on any atom is -0.496 e. The van der Waals surface area contributed by atoms with Crippen molar-refractivity contribution in [3.05, 3.63) is 51.9 Å². The second-order valence-electron chi connectivity index (χ2n) is 5.45. The molecule has 112 valence electrons. The summed E-state index contributed by atoms with van der Waals surface area (Å²) in [6.07, 6.45) is 4.04. The van der Waals surface area contributed by atoms with Crippen molar-refractivity contribution in [1.29, 1.82) is 0 Å². The fourth-order valence-electron chi connectivity index (χ4n) is 2.44. The van der Waals surface area contributed by atoms with E-state index < -0.39 is 0 Å². The molecule has 0 amide bonds. The van der Waals surface area contributed by atoms with Crippen LogP contribution in [-0.2, 0) is 6.54 Å². The molecule has 0 N–H and O–H groups in total. The Labute approximate surface area is 126 Å². The maximum absolute atomic E-state index is 12.2. The molecule has 3 nitrogen and oxygen atoms in total. The first-order chi connectivity index (χ1) is 10.1. The fourth-order valence-corrected chi connectivity index (χ4v) is 2.44. The van der Waals surface area contributed by atoms with Crippen molar-refractivity contribution < 1.29 is 4.74 Å². The Bertz CT molecular complexity index is 686. The van der Waals surface area contributed by atoms with E-state index >= 15 is 0 Å². The summed E-state index contributed by atoms with van der Waals surface area (Å²) in [5.41, 5.74) is 4.12. The normalized spacial score (nSPS) is 10.7. The predicted octanol–water partition coefficient (Wildman–Crippen LogP) is 3.94. The van der Waals surface area contributed by atoms with Crippen LogP contribution in [0.4, 0.5) is 0 Å². The van der Waals surface area contributed by atoms with Crippen molar-refractivity contribution in [3.63, 3.8) is 0 Å². The Morgan fingerprint density at radius 2 is 1.86 bits per heavy atom. The van der Waals surface area contributed by atoms with Crippen LogP contribution >= 0.6 is 0 Å². The van der Waals surface area contributed by atoms with Crippen LogP contribution in [0, 0.1) is 13.8 Å². The highest BCUT2D eigenvalue weighted by Gasteiger charge is 2.07. The molecule has 0 atom stereocenters. The predicted molar refractivity (Wildman–Crippen MR) is 87.1 cm³/mol. The summed E-state index contributed by atoms with van der Waals surface area (Å²) in [5, 5.41) is 0. The van der Waals surface area contributed by atoms with Gasteiger partial charge in [0.25, 0.3) is 5.56 Å². The van der Waals surface area contributed by atoms with Crippen molar-refractivity contribution in [2.75, 3.05) is 7.11 Å². The van der Waals surface area contributed by atoms with Crippen LogP contribution in [0.15, 0.2) is 35.3 Å². The molecule has 0 unspecified atom stereocenters. The van der Waals surface area contributed by atoms with Gasteiger partial charge in [-0.25, -0.2) is 0 Å².